The molecule has 158 valence electrons. The number of aryl methyl sites for hydroxylation is 2. The Morgan fingerprint density at radius 3 is 2.59 bits per heavy atom. The summed E-state index contributed by atoms with van der Waals surface area (Å²) in [6, 6.07) is 5.56. The molecule has 1 N–H and O–H groups in total. The predicted octanol–water partition coefficient (Wildman–Crippen LogP) is 2.15. The van der Waals surface area contributed by atoms with Crippen molar-refractivity contribution >= 4 is 11.9 Å². The molecule has 1 amide bonds. The van der Waals surface area contributed by atoms with Crippen molar-refractivity contribution in [1.29, 1.82) is 0 Å². The minimum absolute atomic E-state index is 0.0462. The van der Waals surface area contributed by atoms with E-state index in [1.165, 1.54) is 12.0 Å². The first-order valence-electron chi connectivity index (χ1n) is 10.3. The summed E-state index contributed by atoms with van der Waals surface area (Å²) in [6.07, 6.45) is 1.53. The van der Waals surface area contributed by atoms with E-state index in [-0.39, 0.29) is 5.91 Å². The van der Waals surface area contributed by atoms with Crippen LogP contribution < -0.4 is 5.32 Å². The summed E-state index contributed by atoms with van der Waals surface area (Å²) < 4.78 is 7.29. The minimum atomic E-state index is -0.0462. The van der Waals surface area contributed by atoms with Crippen LogP contribution in [0.2, 0.25) is 0 Å². The van der Waals surface area contributed by atoms with Crippen molar-refractivity contribution in [1.82, 2.24) is 24.9 Å². The number of carbonyl (C=O) groups excluding carboxylic acids is 1. The lowest BCUT2D eigenvalue weighted by Crippen LogP contribution is -2.53. The zero-order valence-corrected chi connectivity index (χ0v) is 17.9. The topological polar surface area (TPSA) is 78.9 Å². The number of aliphatic imine (C=N–C) groups is 1. The van der Waals surface area contributed by atoms with Crippen LogP contribution in [0.5, 0.6) is 0 Å². The van der Waals surface area contributed by atoms with E-state index < -0.39 is 0 Å². The van der Waals surface area contributed by atoms with Gasteiger partial charge >= 0.3 is 0 Å². The molecule has 1 saturated heterocycles. The number of rotatable bonds is 6. The first kappa shape index (κ1) is 21.0. The molecule has 3 heterocycles. The first-order valence-corrected chi connectivity index (χ1v) is 10.3. The van der Waals surface area contributed by atoms with E-state index in [0.717, 1.165) is 44.4 Å². The molecule has 1 aliphatic heterocycles. The maximum atomic E-state index is 12.4. The molecule has 0 aromatic carbocycles. The van der Waals surface area contributed by atoms with E-state index in [1.807, 2.05) is 11.8 Å². The van der Waals surface area contributed by atoms with Crippen molar-refractivity contribution in [3.05, 3.63) is 41.6 Å². The highest BCUT2D eigenvalue weighted by Gasteiger charge is 2.25. The average molecular weight is 401 g/mol. The van der Waals surface area contributed by atoms with Gasteiger partial charge in [-0.1, -0.05) is 6.92 Å². The van der Waals surface area contributed by atoms with Crippen LogP contribution in [-0.2, 0) is 6.54 Å². The highest BCUT2D eigenvalue weighted by atomic mass is 16.3. The van der Waals surface area contributed by atoms with Crippen LogP contribution in [0.4, 0.5) is 0 Å². The lowest BCUT2D eigenvalue weighted by atomic mass is 10.2. The van der Waals surface area contributed by atoms with Gasteiger partial charge in [0.1, 0.15) is 0 Å². The van der Waals surface area contributed by atoms with Gasteiger partial charge in [0.05, 0.1) is 12.0 Å². The van der Waals surface area contributed by atoms with Crippen molar-refractivity contribution < 1.29 is 9.21 Å². The van der Waals surface area contributed by atoms with Gasteiger partial charge in [0.2, 0.25) is 0 Å². The summed E-state index contributed by atoms with van der Waals surface area (Å²) in [5.74, 6) is 1.65. The second-order valence-corrected chi connectivity index (χ2v) is 7.67. The van der Waals surface area contributed by atoms with Gasteiger partial charge in [0, 0.05) is 51.5 Å². The Balaban J connectivity index is 1.55. The van der Waals surface area contributed by atoms with Crippen molar-refractivity contribution in [3.8, 4) is 0 Å². The maximum Gasteiger partial charge on any atom is 0.289 e. The molecule has 8 heteroatoms. The van der Waals surface area contributed by atoms with Crippen LogP contribution in [0.15, 0.2) is 33.9 Å². The molecule has 3 rings (SSSR count). The SMILES string of the molecule is CCNC(=NCC(C)Cn1nc(C)cc1C)N1CCN(C(=O)c2ccco2)CC1. The van der Waals surface area contributed by atoms with Crippen LogP contribution in [-0.4, -0.2) is 70.7 Å². The number of amides is 1. The molecule has 29 heavy (non-hydrogen) atoms. The Labute approximate surface area is 172 Å². The van der Waals surface area contributed by atoms with E-state index in [1.54, 1.807) is 12.1 Å². The summed E-state index contributed by atoms with van der Waals surface area (Å²) in [7, 11) is 0. The van der Waals surface area contributed by atoms with Crippen molar-refractivity contribution in [2.75, 3.05) is 39.3 Å². The molecule has 1 aliphatic rings. The number of hydrogen-bond acceptors (Lipinski definition) is 4. The second kappa shape index (κ2) is 9.62. The lowest BCUT2D eigenvalue weighted by Gasteiger charge is -2.36. The molecule has 1 unspecified atom stereocenters. The van der Waals surface area contributed by atoms with Crippen LogP contribution in [0, 0.1) is 19.8 Å². The fourth-order valence-corrected chi connectivity index (χ4v) is 3.56. The van der Waals surface area contributed by atoms with Crippen molar-refractivity contribution in [2.45, 2.75) is 34.2 Å². The van der Waals surface area contributed by atoms with Gasteiger partial charge in [0.25, 0.3) is 5.91 Å². The molecule has 8 nitrogen and oxygen atoms in total. The zero-order chi connectivity index (χ0) is 20.8. The first-order chi connectivity index (χ1) is 14.0. The summed E-state index contributed by atoms with van der Waals surface area (Å²) in [5.41, 5.74) is 2.23. The number of guanidine groups is 1. The molecule has 0 bridgehead atoms. The lowest BCUT2D eigenvalue weighted by molar-refractivity contribution is 0.0657. The summed E-state index contributed by atoms with van der Waals surface area (Å²) in [6.45, 7) is 13.6. The third-order valence-corrected chi connectivity index (χ3v) is 5.07. The van der Waals surface area contributed by atoms with E-state index in [4.69, 9.17) is 9.41 Å². The van der Waals surface area contributed by atoms with E-state index in [9.17, 15) is 4.79 Å². The summed E-state index contributed by atoms with van der Waals surface area (Å²) in [5, 5.41) is 7.94. The molecular weight excluding hydrogens is 368 g/mol. The van der Waals surface area contributed by atoms with Crippen molar-refractivity contribution in [3.63, 3.8) is 0 Å². The quantitative estimate of drug-likeness (QED) is 0.594. The molecule has 0 radical (unpaired) electrons. The number of carbonyl (C=O) groups is 1. The van der Waals surface area contributed by atoms with Gasteiger partial charge in [-0.25, -0.2) is 0 Å². The number of nitrogens with zero attached hydrogens (tertiary/aromatic N) is 5. The Kier molecular flexibility index (Phi) is 6.95. The largest absolute Gasteiger partial charge is 0.459 e. The molecule has 1 fully saturated rings. The van der Waals surface area contributed by atoms with Gasteiger partial charge < -0.3 is 19.5 Å². The molecule has 0 saturated carbocycles. The average Bonchev–Trinajstić information content (AvgIpc) is 3.35. The van der Waals surface area contributed by atoms with Gasteiger partial charge in [-0.05, 0) is 44.9 Å². The third-order valence-electron chi connectivity index (χ3n) is 5.07. The van der Waals surface area contributed by atoms with E-state index in [2.05, 4.69) is 46.8 Å². The second-order valence-electron chi connectivity index (χ2n) is 7.67. The minimum Gasteiger partial charge on any atom is -0.459 e. The fourth-order valence-electron chi connectivity index (χ4n) is 3.56. The number of piperazine rings is 1. The standard InChI is InChI=1S/C21H32N6O2/c1-5-22-21(23-14-16(2)15-27-18(4)13-17(3)24-27)26-10-8-25(9-11-26)20(28)19-7-6-12-29-19/h6-7,12-13,16H,5,8-11,14-15H2,1-4H3,(H,22,23). The number of nitrogens with one attached hydrogen (secondary N) is 1. The summed E-state index contributed by atoms with van der Waals surface area (Å²) >= 11 is 0. The highest BCUT2D eigenvalue weighted by molar-refractivity contribution is 5.91. The predicted molar refractivity (Wildman–Crippen MR) is 113 cm³/mol. The van der Waals surface area contributed by atoms with Crippen LogP contribution >= 0.6 is 0 Å². The monoisotopic (exact) mass is 400 g/mol. The molecule has 2 aromatic heterocycles. The Morgan fingerprint density at radius 2 is 2.00 bits per heavy atom. The van der Waals surface area contributed by atoms with Crippen LogP contribution in [0.3, 0.4) is 0 Å². The zero-order valence-electron chi connectivity index (χ0n) is 17.9. The normalized spacial score (nSPS) is 16.2. The molecular formula is C21H32N6O2. The van der Waals surface area contributed by atoms with Gasteiger partial charge in [-0.2, -0.15) is 5.10 Å². The number of furan rings is 1. The van der Waals surface area contributed by atoms with Crippen LogP contribution in [0.1, 0.15) is 35.8 Å². The highest BCUT2D eigenvalue weighted by Crippen LogP contribution is 2.11. The molecule has 0 spiro atoms. The van der Waals surface area contributed by atoms with E-state index in [0.29, 0.717) is 24.8 Å². The maximum absolute atomic E-state index is 12.4. The Hall–Kier alpha value is -2.77. The van der Waals surface area contributed by atoms with Gasteiger partial charge in [-0.15, -0.1) is 0 Å². The van der Waals surface area contributed by atoms with Crippen molar-refractivity contribution in [2.24, 2.45) is 10.9 Å². The number of hydrogen-bond donors (Lipinski definition) is 1. The molecule has 1 atom stereocenters. The van der Waals surface area contributed by atoms with E-state index >= 15 is 0 Å². The summed E-state index contributed by atoms with van der Waals surface area (Å²) in [4.78, 5) is 21.4. The van der Waals surface area contributed by atoms with Crippen LogP contribution in [0.25, 0.3) is 0 Å². The van der Waals surface area contributed by atoms with Gasteiger partial charge in [0.15, 0.2) is 11.7 Å². The number of aromatic nitrogens is 2. The fraction of sp³-hybridized carbons (Fsp3) is 0.571. The Morgan fingerprint density at radius 1 is 1.28 bits per heavy atom. The van der Waals surface area contributed by atoms with Gasteiger partial charge in [-0.3, -0.25) is 14.5 Å². The molecule has 0 aliphatic carbocycles. The smallest absolute Gasteiger partial charge is 0.289 e. The third kappa shape index (κ3) is 5.40. The Bertz CT molecular complexity index is 818. The molecule has 2 aromatic rings.